The van der Waals surface area contributed by atoms with Crippen LogP contribution in [0.5, 0.6) is 0 Å². The van der Waals surface area contributed by atoms with Crippen molar-refractivity contribution < 1.29 is 28.7 Å². The number of fused-ring (bicyclic) bond motifs is 1. The lowest BCUT2D eigenvalue weighted by Gasteiger charge is -2.09. The molecule has 0 saturated heterocycles. The van der Waals surface area contributed by atoms with Gasteiger partial charge in [0.25, 0.3) is 11.8 Å². The summed E-state index contributed by atoms with van der Waals surface area (Å²) in [6, 6.07) is 7.54. The summed E-state index contributed by atoms with van der Waals surface area (Å²) < 4.78 is 5.28. The predicted octanol–water partition coefficient (Wildman–Crippen LogP) is 1.44. The monoisotopic (exact) mass is 299 g/mol. The fraction of sp³-hybridized carbons (Fsp3) is 0.0667. The number of furan rings is 1. The number of aldehydes is 1. The number of rotatable bonds is 4. The number of amides is 2. The molecule has 3 rings (SSSR count). The second-order valence-electron chi connectivity index (χ2n) is 4.64. The van der Waals surface area contributed by atoms with Crippen LogP contribution in [0.3, 0.4) is 0 Å². The maximum absolute atomic E-state index is 12.3. The average Bonchev–Trinajstić information content (AvgIpc) is 3.06. The molecular formula is C15H9NO6. The minimum atomic E-state index is -1.28. The van der Waals surface area contributed by atoms with E-state index in [1.54, 1.807) is 12.1 Å². The van der Waals surface area contributed by atoms with Gasteiger partial charge >= 0.3 is 5.97 Å². The van der Waals surface area contributed by atoms with Gasteiger partial charge in [-0.15, -0.1) is 0 Å². The van der Waals surface area contributed by atoms with Crippen molar-refractivity contribution in [1.82, 2.24) is 4.90 Å². The molecule has 1 N–H and O–H groups in total. The predicted molar refractivity (Wildman–Crippen MR) is 72.5 cm³/mol. The zero-order valence-electron chi connectivity index (χ0n) is 11.1. The average molecular weight is 299 g/mol. The van der Waals surface area contributed by atoms with Crippen molar-refractivity contribution in [2.45, 2.75) is 0 Å². The Hall–Kier alpha value is -3.22. The molecule has 2 aromatic rings. The van der Waals surface area contributed by atoms with Gasteiger partial charge in [-0.1, -0.05) is 12.1 Å². The number of carbonyl (C=O) groups is 4. The number of aliphatic carboxylic acids is 1. The van der Waals surface area contributed by atoms with Gasteiger partial charge in [0.2, 0.25) is 0 Å². The fourth-order valence-electron chi connectivity index (χ4n) is 2.38. The molecule has 0 unspecified atom stereocenters. The van der Waals surface area contributed by atoms with E-state index in [1.165, 1.54) is 18.2 Å². The molecule has 0 spiro atoms. The van der Waals surface area contributed by atoms with Crippen molar-refractivity contribution in [3.05, 3.63) is 47.2 Å². The summed E-state index contributed by atoms with van der Waals surface area (Å²) in [5.74, 6) is -2.28. The quantitative estimate of drug-likeness (QED) is 0.676. The third-order valence-electron chi connectivity index (χ3n) is 3.30. The maximum atomic E-state index is 12.3. The summed E-state index contributed by atoms with van der Waals surface area (Å²) in [6.45, 7) is -0.705. The van der Waals surface area contributed by atoms with Gasteiger partial charge in [-0.3, -0.25) is 24.1 Å². The Bertz CT molecular complexity index is 819. The highest BCUT2D eigenvalue weighted by molar-refractivity contribution is 6.24. The van der Waals surface area contributed by atoms with Crippen molar-refractivity contribution in [2.75, 3.05) is 6.54 Å². The van der Waals surface area contributed by atoms with Gasteiger partial charge in [0, 0.05) is 5.56 Å². The van der Waals surface area contributed by atoms with E-state index in [4.69, 9.17) is 9.52 Å². The molecule has 0 saturated carbocycles. The molecule has 1 aromatic heterocycles. The number of carbonyl (C=O) groups excluding carboxylic acids is 3. The molecule has 1 aliphatic heterocycles. The van der Waals surface area contributed by atoms with Crippen molar-refractivity contribution >= 4 is 24.1 Å². The van der Waals surface area contributed by atoms with E-state index >= 15 is 0 Å². The number of imide groups is 1. The SMILES string of the molecule is O=Cc1ccc(-c2cccc3c2C(=O)N(CC(=O)O)C3=O)o1. The molecule has 2 heterocycles. The molecular weight excluding hydrogens is 290 g/mol. The topological polar surface area (TPSA) is 105 Å². The number of carboxylic acids is 1. The molecule has 2 amide bonds. The number of benzene rings is 1. The van der Waals surface area contributed by atoms with Gasteiger partial charge in [0.1, 0.15) is 12.3 Å². The summed E-state index contributed by atoms with van der Waals surface area (Å²) in [4.78, 5) is 46.6. The molecule has 0 atom stereocenters. The Morgan fingerprint density at radius 2 is 1.86 bits per heavy atom. The lowest BCUT2D eigenvalue weighted by Crippen LogP contribution is -2.34. The lowest BCUT2D eigenvalue weighted by atomic mass is 10.0. The molecule has 0 fully saturated rings. The summed E-state index contributed by atoms with van der Waals surface area (Å²) in [6.07, 6.45) is 0.524. The second kappa shape index (κ2) is 4.96. The third kappa shape index (κ3) is 1.99. The van der Waals surface area contributed by atoms with E-state index in [2.05, 4.69) is 0 Å². The molecule has 1 aromatic carbocycles. The van der Waals surface area contributed by atoms with Gasteiger partial charge in [0.05, 0.1) is 11.1 Å². The first-order valence-corrected chi connectivity index (χ1v) is 6.29. The van der Waals surface area contributed by atoms with E-state index < -0.39 is 24.3 Å². The molecule has 0 radical (unpaired) electrons. The van der Waals surface area contributed by atoms with Crippen LogP contribution in [-0.4, -0.2) is 40.6 Å². The van der Waals surface area contributed by atoms with Crippen LogP contribution in [0.4, 0.5) is 0 Å². The van der Waals surface area contributed by atoms with Crippen LogP contribution in [0, 0.1) is 0 Å². The highest BCUT2D eigenvalue weighted by Gasteiger charge is 2.39. The Kier molecular flexibility index (Phi) is 3.10. The third-order valence-corrected chi connectivity index (χ3v) is 3.30. The summed E-state index contributed by atoms with van der Waals surface area (Å²) in [5, 5.41) is 8.81. The zero-order valence-corrected chi connectivity index (χ0v) is 11.1. The lowest BCUT2D eigenvalue weighted by molar-refractivity contribution is -0.137. The molecule has 7 heteroatoms. The molecule has 0 aliphatic carbocycles. The van der Waals surface area contributed by atoms with Crippen LogP contribution in [-0.2, 0) is 4.79 Å². The van der Waals surface area contributed by atoms with Gasteiger partial charge in [0.15, 0.2) is 12.0 Å². The van der Waals surface area contributed by atoms with Gasteiger partial charge in [-0.05, 0) is 18.2 Å². The smallest absolute Gasteiger partial charge is 0.323 e. The van der Waals surface area contributed by atoms with Crippen LogP contribution >= 0.6 is 0 Å². The number of carboxylic acid groups (broad SMARTS) is 1. The Morgan fingerprint density at radius 1 is 1.14 bits per heavy atom. The van der Waals surface area contributed by atoms with Crippen molar-refractivity contribution in [3.8, 4) is 11.3 Å². The van der Waals surface area contributed by atoms with Crippen LogP contribution in [0.1, 0.15) is 31.3 Å². The summed E-state index contributed by atoms with van der Waals surface area (Å²) in [5.41, 5.74) is 0.546. The minimum absolute atomic E-state index is 0.0838. The van der Waals surface area contributed by atoms with Crippen LogP contribution in [0.15, 0.2) is 34.7 Å². The van der Waals surface area contributed by atoms with E-state index in [9.17, 15) is 19.2 Å². The standard InChI is InChI=1S/C15H9NO6/c17-7-8-4-5-11(22-8)9-2-1-3-10-13(9)15(21)16(14(10)20)6-12(18)19/h1-5,7H,6H2,(H,18,19). The highest BCUT2D eigenvalue weighted by Crippen LogP contribution is 2.33. The van der Waals surface area contributed by atoms with Crippen LogP contribution in [0.25, 0.3) is 11.3 Å². The van der Waals surface area contributed by atoms with Gasteiger partial charge in [-0.25, -0.2) is 0 Å². The van der Waals surface area contributed by atoms with Crippen LogP contribution < -0.4 is 0 Å². The normalized spacial score (nSPS) is 13.4. The first-order valence-electron chi connectivity index (χ1n) is 6.29. The van der Waals surface area contributed by atoms with Crippen molar-refractivity contribution in [2.24, 2.45) is 0 Å². The maximum Gasteiger partial charge on any atom is 0.323 e. The Balaban J connectivity index is 2.12. The van der Waals surface area contributed by atoms with E-state index in [0.717, 1.165) is 0 Å². The molecule has 1 aliphatic rings. The van der Waals surface area contributed by atoms with E-state index in [1.807, 2.05) is 0 Å². The molecule has 7 nitrogen and oxygen atoms in total. The number of hydrogen-bond donors (Lipinski definition) is 1. The first kappa shape index (κ1) is 13.7. The van der Waals surface area contributed by atoms with Gasteiger partial charge < -0.3 is 9.52 Å². The molecule has 22 heavy (non-hydrogen) atoms. The van der Waals surface area contributed by atoms with Gasteiger partial charge in [-0.2, -0.15) is 0 Å². The largest absolute Gasteiger partial charge is 0.480 e. The first-order chi connectivity index (χ1) is 10.5. The zero-order chi connectivity index (χ0) is 15.9. The number of nitrogens with zero attached hydrogens (tertiary/aromatic N) is 1. The van der Waals surface area contributed by atoms with Crippen LogP contribution in [0.2, 0.25) is 0 Å². The van der Waals surface area contributed by atoms with Crippen molar-refractivity contribution in [1.29, 1.82) is 0 Å². The summed E-state index contributed by atoms with van der Waals surface area (Å²) in [7, 11) is 0. The summed E-state index contributed by atoms with van der Waals surface area (Å²) >= 11 is 0. The molecule has 0 bridgehead atoms. The van der Waals surface area contributed by atoms with E-state index in [-0.39, 0.29) is 22.6 Å². The fourth-order valence-corrected chi connectivity index (χ4v) is 2.38. The van der Waals surface area contributed by atoms with E-state index in [0.29, 0.717) is 16.7 Å². The second-order valence-corrected chi connectivity index (χ2v) is 4.64. The minimum Gasteiger partial charge on any atom is -0.480 e. The Labute approximate surface area is 123 Å². The Morgan fingerprint density at radius 3 is 2.50 bits per heavy atom. The molecule has 110 valence electrons. The van der Waals surface area contributed by atoms with Crippen molar-refractivity contribution in [3.63, 3.8) is 0 Å². The highest BCUT2D eigenvalue weighted by atomic mass is 16.4. The number of hydrogen-bond acceptors (Lipinski definition) is 5.